The van der Waals surface area contributed by atoms with Gasteiger partial charge >= 0.3 is 5.97 Å². The van der Waals surface area contributed by atoms with Crippen molar-refractivity contribution in [2.24, 2.45) is 0 Å². The van der Waals surface area contributed by atoms with Crippen LogP contribution in [0.2, 0.25) is 0 Å². The second-order valence-corrected chi connectivity index (χ2v) is 5.00. The van der Waals surface area contributed by atoms with Crippen LogP contribution in [0.25, 0.3) is 0 Å². The monoisotopic (exact) mass is 235 g/mol. The molecule has 0 unspecified atom stereocenters. The Hall–Kier alpha value is -1.42. The molecule has 1 aromatic rings. The molecule has 4 rings (SSSR count). The quantitative estimate of drug-likeness (QED) is 0.808. The SMILES string of the molecule is O=C(OCc1ccccc1)C12CC(F)(CN1)C2. The van der Waals surface area contributed by atoms with Gasteiger partial charge in [-0.15, -0.1) is 0 Å². The highest BCUT2D eigenvalue weighted by molar-refractivity contribution is 5.84. The van der Waals surface area contributed by atoms with Crippen LogP contribution >= 0.6 is 0 Å². The number of ether oxygens (including phenoxy) is 1. The van der Waals surface area contributed by atoms with Gasteiger partial charge in [0, 0.05) is 19.4 Å². The summed E-state index contributed by atoms with van der Waals surface area (Å²) in [7, 11) is 0. The molecule has 1 aliphatic carbocycles. The number of alkyl halides is 1. The fraction of sp³-hybridized carbons (Fsp3) is 0.462. The lowest BCUT2D eigenvalue weighted by Crippen LogP contribution is -2.55. The van der Waals surface area contributed by atoms with Crippen LogP contribution in [0, 0.1) is 0 Å². The first-order valence-corrected chi connectivity index (χ1v) is 5.77. The Labute approximate surface area is 99.0 Å². The first-order valence-electron chi connectivity index (χ1n) is 5.77. The highest BCUT2D eigenvalue weighted by Crippen LogP contribution is 2.50. The van der Waals surface area contributed by atoms with Crippen molar-refractivity contribution in [3.8, 4) is 0 Å². The molecule has 0 radical (unpaired) electrons. The zero-order valence-electron chi connectivity index (χ0n) is 9.41. The number of carbonyl (C=O) groups is 1. The molecule has 2 bridgehead atoms. The fourth-order valence-corrected chi connectivity index (χ4v) is 2.69. The molecule has 17 heavy (non-hydrogen) atoms. The van der Waals surface area contributed by atoms with Gasteiger partial charge in [-0.2, -0.15) is 0 Å². The van der Waals surface area contributed by atoms with Crippen molar-refractivity contribution in [3.05, 3.63) is 35.9 Å². The average molecular weight is 235 g/mol. The van der Waals surface area contributed by atoms with Crippen LogP contribution in [0.15, 0.2) is 30.3 Å². The van der Waals surface area contributed by atoms with Crippen molar-refractivity contribution in [1.82, 2.24) is 5.32 Å². The van der Waals surface area contributed by atoms with E-state index in [4.69, 9.17) is 4.74 Å². The molecule has 2 heterocycles. The lowest BCUT2D eigenvalue weighted by Gasteiger charge is -2.38. The van der Waals surface area contributed by atoms with E-state index in [0.717, 1.165) is 5.56 Å². The smallest absolute Gasteiger partial charge is 0.326 e. The summed E-state index contributed by atoms with van der Waals surface area (Å²) in [5, 5.41) is 2.93. The third-order valence-corrected chi connectivity index (χ3v) is 3.58. The van der Waals surface area contributed by atoms with Crippen molar-refractivity contribution < 1.29 is 13.9 Å². The number of carbonyl (C=O) groups excluding carboxylic acids is 1. The van der Waals surface area contributed by atoms with Gasteiger partial charge in [0.05, 0.1) is 0 Å². The standard InChI is InChI=1S/C13H14FNO2/c14-12-7-13(8-12,15-9-12)11(16)17-6-10-4-2-1-3-5-10/h1-5,15H,6-9H2. The van der Waals surface area contributed by atoms with Gasteiger partial charge in [0.1, 0.15) is 17.8 Å². The van der Waals surface area contributed by atoms with E-state index in [-0.39, 0.29) is 32.0 Å². The predicted octanol–water partition coefficient (Wildman–Crippen LogP) is 1.57. The molecule has 0 aromatic heterocycles. The van der Waals surface area contributed by atoms with Gasteiger partial charge in [-0.1, -0.05) is 30.3 Å². The van der Waals surface area contributed by atoms with E-state index in [1.54, 1.807) is 0 Å². The summed E-state index contributed by atoms with van der Waals surface area (Å²) in [5.41, 5.74) is -0.976. The zero-order valence-corrected chi connectivity index (χ0v) is 9.41. The summed E-state index contributed by atoms with van der Waals surface area (Å²) < 4.78 is 18.8. The molecule has 1 saturated carbocycles. The molecule has 4 heteroatoms. The highest BCUT2D eigenvalue weighted by Gasteiger charge is 2.66. The number of esters is 1. The summed E-state index contributed by atoms with van der Waals surface area (Å²) in [4.78, 5) is 11.9. The van der Waals surface area contributed by atoms with Crippen LogP contribution < -0.4 is 5.32 Å². The van der Waals surface area contributed by atoms with E-state index >= 15 is 0 Å². The van der Waals surface area contributed by atoms with Gasteiger partial charge in [-0.25, -0.2) is 4.39 Å². The topological polar surface area (TPSA) is 38.3 Å². The first-order chi connectivity index (χ1) is 8.12. The number of rotatable bonds is 3. The van der Waals surface area contributed by atoms with Crippen molar-refractivity contribution in [2.75, 3.05) is 6.54 Å². The second kappa shape index (κ2) is 3.53. The molecule has 3 aliphatic rings. The van der Waals surface area contributed by atoms with Crippen molar-refractivity contribution in [2.45, 2.75) is 30.7 Å². The van der Waals surface area contributed by atoms with E-state index in [1.807, 2.05) is 30.3 Å². The van der Waals surface area contributed by atoms with Crippen LogP contribution in [-0.2, 0) is 16.1 Å². The minimum atomic E-state index is -1.17. The molecule has 0 atom stereocenters. The average Bonchev–Trinajstić information content (AvgIpc) is 2.82. The Bertz CT molecular complexity index is 440. The number of hydrogen-bond acceptors (Lipinski definition) is 3. The Morgan fingerprint density at radius 2 is 2.06 bits per heavy atom. The normalized spacial score (nSPS) is 34.2. The fourth-order valence-electron chi connectivity index (χ4n) is 2.69. The van der Waals surface area contributed by atoms with Gasteiger partial charge in [-0.05, 0) is 5.56 Å². The van der Waals surface area contributed by atoms with E-state index in [2.05, 4.69) is 5.32 Å². The summed E-state index contributed by atoms with van der Waals surface area (Å²) in [6, 6.07) is 9.49. The van der Waals surface area contributed by atoms with Gasteiger partial charge in [0.2, 0.25) is 0 Å². The number of hydrogen-bond donors (Lipinski definition) is 1. The minimum absolute atomic E-state index is 0.252. The Morgan fingerprint density at radius 3 is 2.65 bits per heavy atom. The largest absolute Gasteiger partial charge is 0.459 e. The lowest BCUT2D eigenvalue weighted by molar-refractivity contribution is -0.158. The highest BCUT2D eigenvalue weighted by atomic mass is 19.1. The molecule has 0 amide bonds. The first kappa shape index (κ1) is 10.7. The maximum atomic E-state index is 13.6. The molecule has 90 valence electrons. The van der Waals surface area contributed by atoms with Gasteiger partial charge in [0.25, 0.3) is 0 Å². The van der Waals surface area contributed by atoms with Crippen LogP contribution in [-0.4, -0.2) is 23.7 Å². The van der Waals surface area contributed by atoms with E-state index in [9.17, 15) is 9.18 Å². The van der Waals surface area contributed by atoms with Crippen LogP contribution in [0.5, 0.6) is 0 Å². The third kappa shape index (κ3) is 1.72. The van der Waals surface area contributed by atoms with Crippen LogP contribution in [0.3, 0.4) is 0 Å². The molecule has 1 aromatic carbocycles. The molecular formula is C13H14FNO2. The van der Waals surface area contributed by atoms with Gasteiger partial charge < -0.3 is 4.74 Å². The van der Waals surface area contributed by atoms with E-state index in [1.165, 1.54) is 0 Å². The summed E-state index contributed by atoms with van der Waals surface area (Å²) in [6.07, 6.45) is 0.515. The molecule has 3 fully saturated rings. The Kier molecular flexibility index (Phi) is 2.23. The third-order valence-electron chi connectivity index (χ3n) is 3.58. The van der Waals surface area contributed by atoms with Crippen LogP contribution in [0.4, 0.5) is 4.39 Å². The molecule has 0 spiro atoms. The van der Waals surface area contributed by atoms with Crippen molar-refractivity contribution in [1.29, 1.82) is 0 Å². The lowest BCUT2D eigenvalue weighted by atomic mass is 9.71. The van der Waals surface area contributed by atoms with Crippen molar-refractivity contribution in [3.63, 3.8) is 0 Å². The number of benzene rings is 1. The molecule has 2 aliphatic heterocycles. The maximum absolute atomic E-state index is 13.6. The van der Waals surface area contributed by atoms with Crippen LogP contribution in [0.1, 0.15) is 18.4 Å². The molecule has 3 nitrogen and oxygen atoms in total. The number of fused-ring (bicyclic) bond motifs is 1. The van der Waals surface area contributed by atoms with Gasteiger partial charge in [-0.3, -0.25) is 10.1 Å². The molecular weight excluding hydrogens is 221 g/mol. The van der Waals surface area contributed by atoms with Gasteiger partial charge in [0.15, 0.2) is 0 Å². The summed E-state index contributed by atoms with van der Waals surface area (Å²) >= 11 is 0. The predicted molar refractivity (Wildman–Crippen MR) is 60.0 cm³/mol. The molecule has 2 saturated heterocycles. The second-order valence-electron chi connectivity index (χ2n) is 5.00. The Balaban J connectivity index is 1.59. The van der Waals surface area contributed by atoms with E-state index < -0.39 is 11.2 Å². The minimum Gasteiger partial charge on any atom is -0.459 e. The Morgan fingerprint density at radius 1 is 1.35 bits per heavy atom. The number of halogens is 1. The zero-order chi connectivity index (χ0) is 11.9. The van der Waals surface area contributed by atoms with E-state index in [0.29, 0.717) is 0 Å². The molecule has 1 N–H and O–H groups in total. The maximum Gasteiger partial charge on any atom is 0.326 e. The summed E-state index contributed by atoms with van der Waals surface area (Å²) in [6.45, 7) is 0.524. The summed E-state index contributed by atoms with van der Waals surface area (Å²) in [5.74, 6) is -0.327. The van der Waals surface area contributed by atoms with Crippen molar-refractivity contribution >= 4 is 5.97 Å². The number of nitrogens with one attached hydrogen (secondary N) is 1.